The highest BCUT2D eigenvalue weighted by Crippen LogP contribution is 2.19. The number of rotatable bonds is 4. The second kappa shape index (κ2) is 5.37. The Morgan fingerprint density at radius 1 is 1.10 bits per heavy atom. The van der Waals surface area contributed by atoms with E-state index in [0.29, 0.717) is 6.61 Å². The van der Waals surface area contributed by atoms with Crippen LogP contribution >= 0.6 is 0 Å². The highest BCUT2D eigenvalue weighted by Gasteiger charge is 2.03. The van der Waals surface area contributed by atoms with Crippen LogP contribution in [0.5, 0.6) is 5.75 Å². The van der Waals surface area contributed by atoms with Crippen molar-refractivity contribution in [1.82, 2.24) is 9.78 Å². The molecule has 0 aliphatic heterocycles. The smallest absolute Gasteiger partial charge is 0.122 e. The van der Waals surface area contributed by atoms with Crippen molar-refractivity contribution in [3.8, 4) is 5.75 Å². The molecule has 102 valence electrons. The molecule has 0 unspecified atom stereocenters. The second-order valence-electron chi connectivity index (χ2n) is 5.04. The number of nitrogens with zero attached hydrogens (tertiary/aromatic N) is 2. The molecule has 0 saturated carbocycles. The lowest BCUT2D eigenvalue weighted by Gasteiger charge is -2.10. The first-order valence-corrected chi connectivity index (χ1v) is 6.84. The molecule has 1 aromatic heterocycles. The SMILES string of the molecule is Cc1ccc(C)c(OCCn2ncc3ccccc32)c1. The largest absolute Gasteiger partial charge is 0.491 e. The lowest BCUT2D eigenvalue weighted by atomic mass is 10.1. The number of hydrogen-bond donors (Lipinski definition) is 0. The molecule has 0 aliphatic rings. The van der Waals surface area contributed by atoms with Gasteiger partial charge in [0.15, 0.2) is 0 Å². The van der Waals surface area contributed by atoms with Gasteiger partial charge in [0.25, 0.3) is 0 Å². The Labute approximate surface area is 118 Å². The van der Waals surface area contributed by atoms with Gasteiger partial charge in [0.1, 0.15) is 12.4 Å². The summed E-state index contributed by atoms with van der Waals surface area (Å²) in [6.07, 6.45) is 1.90. The molecule has 0 N–H and O–H groups in total. The Hall–Kier alpha value is -2.29. The van der Waals surface area contributed by atoms with Crippen LogP contribution < -0.4 is 4.74 Å². The van der Waals surface area contributed by atoms with Gasteiger partial charge in [0.05, 0.1) is 18.3 Å². The molecule has 3 rings (SSSR count). The van der Waals surface area contributed by atoms with E-state index in [1.807, 2.05) is 23.0 Å². The lowest BCUT2D eigenvalue weighted by Crippen LogP contribution is -2.09. The Bertz CT molecular complexity index is 731. The van der Waals surface area contributed by atoms with Gasteiger partial charge in [-0.05, 0) is 37.1 Å². The van der Waals surface area contributed by atoms with E-state index in [1.165, 1.54) is 16.5 Å². The number of fused-ring (bicyclic) bond motifs is 1. The lowest BCUT2D eigenvalue weighted by molar-refractivity contribution is 0.292. The van der Waals surface area contributed by atoms with E-state index in [0.717, 1.165) is 17.8 Å². The van der Waals surface area contributed by atoms with Crippen LogP contribution in [-0.2, 0) is 6.54 Å². The van der Waals surface area contributed by atoms with E-state index in [2.05, 4.69) is 49.3 Å². The Balaban J connectivity index is 1.69. The molecule has 3 nitrogen and oxygen atoms in total. The van der Waals surface area contributed by atoms with Gasteiger partial charge in [0, 0.05) is 5.39 Å². The summed E-state index contributed by atoms with van der Waals surface area (Å²) < 4.78 is 7.87. The summed E-state index contributed by atoms with van der Waals surface area (Å²) in [6, 6.07) is 14.5. The first-order valence-electron chi connectivity index (χ1n) is 6.84. The van der Waals surface area contributed by atoms with Crippen LogP contribution in [0, 0.1) is 13.8 Å². The number of hydrogen-bond acceptors (Lipinski definition) is 2. The van der Waals surface area contributed by atoms with E-state index < -0.39 is 0 Å². The monoisotopic (exact) mass is 266 g/mol. The Morgan fingerprint density at radius 3 is 2.85 bits per heavy atom. The number of aromatic nitrogens is 2. The van der Waals surface area contributed by atoms with Crippen LogP contribution in [0.4, 0.5) is 0 Å². The molecular formula is C17H18N2O. The summed E-state index contributed by atoms with van der Waals surface area (Å²) in [6.45, 7) is 5.52. The second-order valence-corrected chi connectivity index (χ2v) is 5.04. The van der Waals surface area contributed by atoms with Gasteiger partial charge in [-0.2, -0.15) is 5.10 Å². The topological polar surface area (TPSA) is 27.1 Å². The molecule has 0 aliphatic carbocycles. The fraction of sp³-hybridized carbons (Fsp3) is 0.235. The third-order valence-corrected chi connectivity index (χ3v) is 3.46. The van der Waals surface area contributed by atoms with Crippen molar-refractivity contribution in [3.05, 3.63) is 59.8 Å². The molecule has 0 saturated heterocycles. The molecule has 0 amide bonds. The third-order valence-electron chi connectivity index (χ3n) is 3.46. The van der Waals surface area contributed by atoms with E-state index >= 15 is 0 Å². The van der Waals surface area contributed by atoms with Gasteiger partial charge in [-0.1, -0.05) is 30.3 Å². The first-order chi connectivity index (χ1) is 9.74. The molecule has 0 radical (unpaired) electrons. The fourth-order valence-corrected chi connectivity index (χ4v) is 2.31. The van der Waals surface area contributed by atoms with E-state index in [1.54, 1.807) is 0 Å². The average Bonchev–Trinajstić information content (AvgIpc) is 2.86. The van der Waals surface area contributed by atoms with Crippen molar-refractivity contribution in [2.75, 3.05) is 6.61 Å². The molecule has 1 heterocycles. The van der Waals surface area contributed by atoms with Crippen LogP contribution in [0.2, 0.25) is 0 Å². The number of benzene rings is 2. The zero-order chi connectivity index (χ0) is 13.9. The summed E-state index contributed by atoms with van der Waals surface area (Å²) in [4.78, 5) is 0. The van der Waals surface area contributed by atoms with E-state index in [9.17, 15) is 0 Å². The van der Waals surface area contributed by atoms with Crippen molar-refractivity contribution < 1.29 is 4.74 Å². The number of ether oxygens (including phenoxy) is 1. The Morgan fingerprint density at radius 2 is 1.95 bits per heavy atom. The van der Waals surface area contributed by atoms with Crippen LogP contribution in [0.3, 0.4) is 0 Å². The molecule has 3 aromatic rings. The summed E-state index contributed by atoms with van der Waals surface area (Å²) in [5.41, 5.74) is 3.54. The predicted molar refractivity (Wildman–Crippen MR) is 81.1 cm³/mol. The van der Waals surface area contributed by atoms with Crippen LogP contribution in [0.1, 0.15) is 11.1 Å². The third kappa shape index (κ3) is 2.52. The van der Waals surface area contributed by atoms with Gasteiger partial charge in [0.2, 0.25) is 0 Å². The molecular weight excluding hydrogens is 248 g/mol. The summed E-state index contributed by atoms with van der Waals surface area (Å²) in [5.74, 6) is 0.960. The van der Waals surface area contributed by atoms with Crippen molar-refractivity contribution in [2.24, 2.45) is 0 Å². The minimum Gasteiger partial charge on any atom is -0.491 e. The molecule has 20 heavy (non-hydrogen) atoms. The fourth-order valence-electron chi connectivity index (χ4n) is 2.31. The summed E-state index contributed by atoms with van der Waals surface area (Å²) in [7, 11) is 0. The number of aryl methyl sites for hydroxylation is 2. The van der Waals surface area contributed by atoms with Crippen LogP contribution in [-0.4, -0.2) is 16.4 Å². The minimum absolute atomic E-state index is 0.621. The van der Waals surface area contributed by atoms with Gasteiger partial charge in [-0.3, -0.25) is 4.68 Å². The Kier molecular flexibility index (Phi) is 3.42. The maximum atomic E-state index is 5.88. The quantitative estimate of drug-likeness (QED) is 0.719. The van der Waals surface area contributed by atoms with Gasteiger partial charge < -0.3 is 4.74 Å². The molecule has 0 atom stereocenters. The van der Waals surface area contributed by atoms with Gasteiger partial charge in [-0.25, -0.2) is 0 Å². The first kappa shape index (κ1) is 12.7. The number of para-hydroxylation sites is 1. The van der Waals surface area contributed by atoms with Crippen molar-refractivity contribution in [2.45, 2.75) is 20.4 Å². The zero-order valence-corrected chi connectivity index (χ0v) is 11.8. The minimum atomic E-state index is 0.621. The molecule has 2 aromatic carbocycles. The molecule has 3 heteroatoms. The maximum absolute atomic E-state index is 5.88. The van der Waals surface area contributed by atoms with Gasteiger partial charge >= 0.3 is 0 Å². The van der Waals surface area contributed by atoms with Crippen LogP contribution in [0.15, 0.2) is 48.7 Å². The zero-order valence-electron chi connectivity index (χ0n) is 11.8. The van der Waals surface area contributed by atoms with Crippen LogP contribution in [0.25, 0.3) is 10.9 Å². The molecule has 0 bridgehead atoms. The predicted octanol–water partition coefficient (Wildman–Crippen LogP) is 3.73. The highest BCUT2D eigenvalue weighted by atomic mass is 16.5. The van der Waals surface area contributed by atoms with Crippen molar-refractivity contribution in [3.63, 3.8) is 0 Å². The molecule has 0 spiro atoms. The van der Waals surface area contributed by atoms with Crippen molar-refractivity contribution >= 4 is 10.9 Å². The van der Waals surface area contributed by atoms with Gasteiger partial charge in [-0.15, -0.1) is 0 Å². The normalized spacial score (nSPS) is 10.9. The van der Waals surface area contributed by atoms with E-state index in [4.69, 9.17) is 4.74 Å². The maximum Gasteiger partial charge on any atom is 0.122 e. The summed E-state index contributed by atoms with van der Waals surface area (Å²) >= 11 is 0. The highest BCUT2D eigenvalue weighted by molar-refractivity contribution is 5.78. The average molecular weight is 266 g/mol. The summed E-state index contributed by atoms with van der Waals surface area (Å²) in [5, 5.41) is 5.57. The van der Waals surface area contributed by atoms with E-state index in [-0.39, 0.29) is 0 Å². The van der Waals surface area contributed by atoms with Crippen molar-refractivity contribution in [1.29, 1.82) is 0 Å². The molecule has 0 fully saturated rings. The standard InChI is InChI=1S/C17H18N2O/c1-13-7-8-14(2)17(11-13)20-10-9-19-16-6-4-3-5-15(16)12-18-19/h3-8,11-12H,9-10H2,1-2H3.